The van der Waals surface area contributed by atoms with Crippen molar-refractivity contribution >= 4 is 9.24 Å². The van der Waals surface area contributed by atoms with Crippen LogP contribution in [0.3, 0.4) is 0 Å². The molecule has 0 aliphatic carbocycles. The van der Waals surface area contributed by atoms with E-state index in [9.17, 15) is 0 Å². The van der Waals surface area contributed by atoms with Gasteiger partial charge >= 0.3 is 0 Å². The minimum Gasteiger partial charge on any atom is -0.329 e. The molecule has 1 unspecified atom stereocenters. The normalized spacial score (nSPS) is 12.8. The Hall–Kier alpha value is -0.430. The highest BCUT2D eigenvalue weighted by molar-refractivity contribution is 7.16. The van der Waals surface area contributed by atoms with Gasteiger partial charge in [0, 0.05) is 12.6 Å². The van der Waals surface area contributed by atoms with E-state index in [1.165, 1.54) is 5.56 Å². The van der Waals surface area contributed by atoms with Gasteiger partial charge in [0.2, 0.25) is 0 Å². The Kier molecular flexibility index (Phi) is 4.99. The maximum Gasteiger partial charge on any atom is 0.0444 e. The van der Waals surface area contributed by atoms with Crippen molar-refractivity contribution in [3.8, 4) is 0 Å². The predicted octanol–water partition coefficient (Wildman–Crippen LogP) is 1.15. The molecule has 0 bridgehead atoms. The molecule has 1 aromatic rings. The lowest BCUT2D eigenvalue weighted by Gasteiger charge is -2.16. The van der Waals surface area contributed by atoms with Crippen LogP contribution in [0.4, 0.5) is 0 Å². The zero-order chi connectivity index (χ0) is 9.52. The largest absolute Gasteiger partial charge is 0.329 e. The molecular formula is C10H17N2P. The van der Waals surface area contributed by atoms with Gasteiger partial charge in [-0.3, -0.25) is 0 Å². The molecule has 3 N–H and O–H groups in total. The predicted molar refractivity (Wildman–Crippen MR) is 60.8 cm³/mol. The van der Waals surface area contributed by atoms with Gasteiger partial charge in [0.05, 0.1) is 0 Å². The molecule has 0 saturated carbocycles. The summed E-state index contributed by atoms with van der Waals surface area (Å²) in [6.07, 6.45) is 1.06. The van der Waals surface area contributed by atoms with Gasteiger partial charge in [0.15, 0.2) is 0 Å². The molecule has 3 heteroatoms. The zero-order valence-corrected chi connectivity index (χ0v) is 8.89. The van der Waals surface area contributed by atoms with E-state index in [0.717, 1.165) is 12.7 Å². The second-order valence-electron chi connectivity index (χ2n) is 2.94. The molecule has 0 saturated heterocycles. The number of nitrogens with one attached hydrogen (secondary N) is 1. The third-order valence-corrected chi connectivity index (χ3v) is 2.26. The first-order chi connectivity index (χ1) is 6.38. The molecule has 2 atom stereocenters. The molecule has 2 nitrogen and oxygen atoms in total. The van der Waals surface area contributed by atoms with Crippen LogP contribution in [0.1, 0.15) is 11.6 Å². The van der Waals surface area contributed by atoms with Crippen molar-refractivity contribution < 1.29 is 0 Å². The van der Waals surface area contributed by atoms with Gasteiger partial charge in [0.25, 0.3) is 0 Å². The fraction of sp³-hybridized carbons (Fsp3) is 0.400. The van der Waals surface area contributed by atoms with Crippen LogP contribution < -0.4 is 11.1 Å². The highest BCUT2D eigenvalue weighted by Gasteiger charge is 2.06. The summed E-state index contributed by atoms with van der Waals surface area (Å²) in [5.74, 6) is 0. The summed E-state index contributed by atoms with van der Waals surface area (Å²) in [6.45, 7) is 1.64. The van der Waals surface area contributed by atoms with Gasteiger partial charge in [-0.05, 0) is 18.3 Å². The number of rotatable bonds is 5. The van der Waals surface area contributed by atoms with Crippen LogP contribution in [0, 0.1) is 0 Å². The van der Waals surface area contributed by atoms with Crippen LogP contribution >= 0.6 is 9.24 Å². The maximum absolute atomic E-state index is 5.68. The first kappa shape index (κ1) is 10.6. The molecule has 0 amide bonds. The smallest absolute Gasteiger partial charge is 0.0444 e. The highest BCUT2D eigenvalue weighted by atomic mass is 31.0. The molecule has 0 aliphatic heterocycles. The van der Waals surface area contributed by atoms with Crippen molar-refractivity contribution in [3.05, 3.63) is 35.9 Å². The van der Waals surface area contributed by atoms with Crippen molar-refractivity contribution in [2.75, 3.05) is 19.3 Å². The fourth-order valence-corrected chi connectivity index (χ4v) is 1.45. The molecule has 0 spiro atoms. The molecule has 1 rings (SSSR count). The lowest BCUT2D eigenvalue weighted by molar-refractivity contribution is 0.564. The Morgan fingerprint density at radius 3 is 2.54 bits per heavy atom. The SMILES string of the molecule is NC[C@@H](NCCP)c1ccccc1. The molecule has 0 fully saturated rings. The Balaban J connectivity index is 2.56. The van der Waals surface area contributed by atoms with Crippen molar-refractivity contribution in [2.24, 2.45) is 5.73 Å². The Morgan fingerprint density at radius 1 is 1.31 bits per heavy atom. The standard InChI is InChI=1S/C10H17N2P/c11-8-10(12-6-7-13)9-4-2-1-3-5-9/h1-5,10,12H,6-8,11,13H2/t10-/m1/s1. The van der Waals surface area contributed by atoms with Gasteiger partial charge in [-0.25, -0.2) is 0 Å². The lowest BCUT2D eigenvalue weighted by Crippen LogP contribution is -2.29. The van der Waals surface area contributed by atoms with E-state index in [1.54, 1.807) is 0 Å². The van der Waals surface area contributed by atoms with Gasteiger partial charge < -0.3 is 11.1 Å². The first-order valence-corrected chi connectivity index (χ1v) is 5.38. The van der Waals surface area contributed by atoms with Crippen molar-refractivity contribution in [1.82, 2.24) is 5.32 Å². The average Bonchev–Trinajstić information content (AvgIpc) is 2.21. The number of hydrogen-bond acceptors (Lipinski definition) is 2. The molecule has 0 aliphatic rings. The monoisotopic (exact) mass is 196 g/mol. The molecule has 0 radical (unpaired) electrons. The van der Waals surface area contributed by atoms with Gasteiger partial charge in [-0.1, -0.05) is 30.3 Å². The maximum atomic E-state index is 5.68. The molecule has 13 heavy (non-hydrogen) atoms. The average molecular weight is 196 g/mol. The van der Waals surface area contributed by atoms with E-state index in [-0.39, 0.29) is 0 Å². The summed E-state index contributed by atoms with van der Waals surface area (Å²) in [5.41, 5.74) is 6.94. The number of benzene rings is 1. The van der Waals surface area contributed by atoms with Crippen molar-refractivity contribution in [3.63, 3.8) is 0 Å². The van der Waals surface area contributed by atoms with E-state index < -0.39 is 0 Å². The van der Waals surface area contributed by atoms with Crippen molar-refractivity contribution in [2.45, 2.75) is 6.04 Å². The van der Waals surface area contributed by atoms with E-state index in [4.69, 9.17) is 5.73 Å². The Morgan fingerprint density at radius 2 is 2.00 bits per heavy atom. The summed E-state index contributed by atoms with van der Waals surface area (Å²) in [6, 6.07) is 10.6. The van der Waals surface area contributed by atoms with Crippen molar-refractivity contribution in [1.29, 1.82) is 0 Å². The van der Waals surface area contributed by atoms with Crippen LogP contribution in [0.5, 0.6) is 0 Å². The summed E-state index contributed by atoms with van der Waals surface area (Å²) in [5, 5.41) is 3.39. The molecule has 1 aromatic carbocycles. The van der Waals surface area contributed by atoms with Crippen LogP contribution in [0.25, 0.3) is 0 Å². The minimum absolute atomic E-state index is 0.293. The van der Waals surface area contributed by atoms with E-state index in [2.05, 4.69) is 26.7 Å². The molecular weight excluding hydrogens is 179 g/mol. The summed E-state index contributed by atoms with van der Waals surface area (Å²) >= 11 is 0. The summed E-state index contributed by atoms with van der Waals surface area (Å²) in [4.78, 5) is 0. The lowest BCUT2D eigenvalue weighted by atomic mass is 10.1. The molecule has 0 heterocycles. The quantitative estimate of drug-likeness (QED) is 0.693. The third kappa shape index (κ3) is 3.43. The second kappa shape index (κ2) is 6.09. The second-order valence-corrected chi connectivity index (χ2v) is 3.52. The van der Waals surface area contributed by atoms with E-state index >= 15 is 0 Å². The number of nitrogens with two attached hydrogens (primary N) is 1. The third-order valence-electron chi connectivity index (χ3n) is 1.97. The molecule has 0 aromatic heterocycles. The molecule has 72 valence electrons. The fourth-order valence-electron chi connectivity index (χ4n) is 1.28. The van der Waals surface area contributed by atoms with E-state index in [1.807, 2.05) is 18.2 Å². The highest BCUT2D eigenvalue weighted by Crippen LogP contribution is 2.10. The van der Waals surface area contributed by atoms with Crippen LogP contribution in [0.15, 0.2) is 30.3 Å². The van der Waals surface area contributed by atoms with E-state index in [0.29, 0.717) is 12.6 Å². The minimum atomic E-state index is 0.293. The van der Waals surface area contributed by atoms with Gasteiger partial charge in [-0.2, -0.15) is 0 Å². The van der Waals surface area contributed by atoms with Crippen LogP contribution in [0.2, 0.25) is 0 Å². The van der Waals surface area contributed by atoms with Gasteiger partial charge in [-0.15, -0.1) is 9.24 Å². The topological polar surface area (TPSA) is 38.0 Å². The number of hydrogen-bond donors (Lipinski definition) is 2. The first-order valence-electron chi connectivity index (χ1n) is 4.57. The van der Waals surface area contributed by atoms with Crippen LogP contribution in [-0.4, -0.2) is 19.3 Å². The summed E-state index contributed by atoms with van der Waals surface area (Å²) in [7, 11) is 2.70. The summed E-state index contributed by atoms with van der Waals surface area (Å²) < 4.78 is 0. The Bertz CT molecular complexity index is 226. The Labute approximate surface area is 82.1 Å². The van der Waals surface area contributed by atoms with Crippen LogP contribution in [-0.2, 0) is 0 Å². The zero-order valence-electron chi connectivity index (χ0n) is 7.74. The van der Waals surface area contributed by atoms with Gasteiger partial charge in [0.1, 0.15) is 0 Å².